The summed E-state index contributed by atoms with van der Waals surface area (Å²) in [7, 11) is -4.16. The van der Waals surface area contributed by atoms with Crippen molar-refractivity contribution >= 4 is 39.1 Å². The van der Waals surface area contributed by atoms with Crippen LogP contribution in [-0.4, -0.2) is 88.4 Å². The lowest BCUT2D eigenvalue weighted by atomic mass is 10.0. The average Bonchev–Trinajstić information content (AvgIpc) is 3.70. The van der Waals surface area contributed by atoms with Gasteiger partial charge in [0, 0.05) is 36.2 Å². The number of hydrogen-bond donors (Lipinski definition) is 2. The number of nitrogens with one attached hydrogen (secondary N) is 2. The Morgan fingerprint density at radius 1 is 0.979 bits per heavy atom. The minimum absolute atomic E-state index is 0.107. The Bertz CT molecular complexity index is 1210. The first kappa shape index (κ1) is 38.8. The number of likely N-dealkylation sites (tertiary alicyclic amines) is 1. The van der Waals surface area contributed by atoms with Gasteiger partial charge in [0.15, 0.2) is 12.1 Å². The molecule has 1 aromatic rings. The monoisotopic (exact) mass is 719 g/mol. The Morgan fingerprint density at radius 2 is 1.60 bits per heavy atom. The van der Waals surface area contributed by atoms with E-state index >= 15 is 0 Å². The van der Waals surface area contributed by atoms with Crippen molar-refractivity contribution in [1.29, 1.82) is 0 Å². The number of benzene rings is 1. The van der Waals surface area contributed by atoms with Crippen molar-refractivity contribution in [3.05, 3.63) is 28.2 Å². The summed E-state index contributed by atoms with van der Waals surface area (Å²) in [5, 5.41) is 3.33. The maximum Gasteiger partial charge on any atom is 0.241 e. The van der Waals surface area contributed by atoms with Gasteiger partial charge >= 0.3 is 0 Å². The second-order valence-corrected chi connectivity index (χ2v) is 16.1. The number of carbonyl (C=O) groups excluding carboxylic acids is 1. The molecule has 1 amide bonds. The molecule has 2 N–H and O–H groups in total. The van der Waals surface area contributed by atoms with Gasteiger partial charge in [0.1, 0.15) is 18.3 Å². The van der Waals surface area contributed by atoms with E-state index in [9.17, 15) is 13.2 Å². The summed E-state index contributed by atoms with van der Waals surface area (Å²) in [5.41, 5.74) is 0. The predicted octanol–water partition coefficient (Wildman–Crippen LogP) is 6.42. The third-order valence-corrected chi connectivity index (χ3v) is 10.9. The molecule has 0 saturated carbocycles. The number of fused-ring (bicyclic) bond motifs is 1. The van der Waals surface area contributed by atoms with Gasteiger partial charge in [0.2, 0.25) is 15.9 Å². The van der Waals surface area contributed by atoms with Gasteiger partial charge in [-0.15, -0.1) is 0 Å². The van der Waals surface area contributed by atoms with Crippen LogP contribution in [0.1, 0.15) is 104 Å². The van der Waals surface area contributed by atoms with Crippen LogP contribution in [0.2, 0.25) is 10.0 Å². The molecule has 0 spiro atoms. The number of rotatable bonds is 21. The van der Waals surface area contributed by atoms with Crippen LogP contribution in [0.5, 0.6) is 0 Å². The molecule has 5 atom stereocenters. The summed E-state index contributed by atoms with van der Waals surface area (Å²) >= 11 is 12.3. The Morgan fingerprint density at radius 3 is 2.23 bits per heavy atom. The highest BCUT2D eigenvalue weighted by Crippen LogP contribution is 2.40. The van der Waals surface area contributed by atoms with E-state index in [0.717, 1.165) is 51.7 Å². The minimum atomic E-state index is -4.16. The van der Waals surface area contributed by atoms with Crippen LogP contribution in [0.15, 0.2) is 23.1 Å². The maximum absolute atomic E-state index is 13.7. The number of unbranched alkanes of at least 4 members (excludes halogenated alkanes) is 9. The SMILES string of the molecule is CCCCCCCCCCCCOC1C(C(CC(=O)NCCN2CCCC2)NS(=O)(=O)c2cc(Cl)cc(Cl)c2)OC2OC(C)(C)OC21. The van der Waals surface area contributed by atoms with Gasteiger partial charge in [0.05, 0.1) is 10.9 Å². The molecule has 3 aliphatic heterocycles. The lowest BCUT2D eigenvalue weighted by Crippen LogP contribution is -2.52. The molecule has 13 heteroatoms. The van der Waals surface area contributed by atoms with E-state index in [4.69, 9.17) is 42.1 Å². The minimum Gasteiger partial charge on any atom is -0.373 e. The van der Waals surface area contributed by atoms with E-state index in [0.29, 0.717) is 13.2 Å². The lowest BCUT2D eigenvalue weighted by molar-refractivity contribution is -0.221. The molecular formula is C34H55Cl2N3O7S. The Kier molecular flexibility index (Phi) is 15.5. The highest BCUT2D eigenvalue weighted by Gasteiger charge is 2.57. The van der Waals surface area contributed by atoms with Crippen LogP contribution in [0.25, 0.3) is 0 Å². The number of hydrogen-bond acceptors (Lipinski definition) is 8. The van der Waals surface area contributed by atoms with Crippen LogP contribution in [0.3, 0.4) is 0 Å². The lowest BCUT2D eigenvalue weighted by Gasteiger charge is -2.31. The molecule has 3 heterocycles. The third kappa shape index (κ3) is 12.4. The van der Waals surface area contributed by atoms with Crippen molar-refractivity contribution in [3.8, 4) is 0 Å². The van der Waals surface area contributed by atoms with Crippen LogP contribution < -0.4 is 10.0 Å². The summed E-state index contributed by atoms with van der Waals surface area (Å²) in [4.78, 5) is 15.5. The molecule has 0 aromatic heterocycles. The van der Waals surface area contributed by atoms with Gasteiger partial charge in [0.25, 0.3) is 0 Å². The zero-order valence-corrected chi connectivity index (χ0v) is 30.6. The smallest absolute Gasteiger partial charge is 0.241 e. The van der Waals surface area contributed by atoms with Crippen molar-refractivity contribution in [3.63, 3.8) is 0 Å². The van der Waals surface area contributed by atoms with Crippen LogP contribution >= 0.6 is 23.2 Å². The molecule has 3 saturated heterocycles. The van der Waals surface area contributed by atoms with Gasteiger partial charge in [-0.05, 0) is 64.4 Å². The molecule has 3 aliphatic rings. The summed E-state index contributed by atoms with van der Waals surface area (Å²) < 4.78 is 55.0. The fourth-order valence-corrected chi connectivity index (χ4v) is 8.61. The number of halogens is 2. The van der Waals surface area contributed by atoms with Crippen LogP contribution in [0.4, 0.5) is 0 Å². The predicted molar refractivity (Wildman–Crippen MR) is 184 cm³/mol. The van der Waals surface area contributed by atoms with Gasteiger partial charge in [-0.25, -0.2) is 13.1 Å². The molecule has 1 aromatic carbocycles. The Labute approximate surface area is 291 Å². The summed E-state index contributed by atoms with van der Waals surface area (Å²) in [6.07, 6.45) is 11.3. The third-order valence-electron chi connectivity index (χ3n) is 9.04. The van der Waals surface area contributed by atoms with E-state index < -0.39 is 46.5 Å². The molecule has 268 valence electrons. The van der Waals surface area contributed by atoms with E-state index in [1.807, 2.05) is 0 Å². The molecule has 47 heavy (non-hydrogen) atoms. The van der Waals surface area contributed by atoms with E-state index in [1.165, 1.54) is 63.1 Å². The number of ether oxygens (including phenoxy) is 4. The van der Waals surface area contributed by atoms with E-state index in [1.54, 1.807) is 13.8 Å². The first-order valence-electron chi connectivity index (χ1n) is 17.6. The maximum atomic E-state index is 13.7. The highest BCUT2D eigenvalue weighted by molar-refractivity contribution is 7.89. The summed E-state index contributed by atoms with van der Waals surface area (Å²) in [6.45, 7) is 9.56. The topological polar surface area (TPSA) is 115 Å². The molecule has 0 bridgehead atoms. The number of carbonyl (C=O) groups is 1. The van der Waals surface area contributed by atoms with Crippen molar-refractivity contribution in [2.24, 2.45) is 0 Å². The van der Waals surface area contributed by atoms with Gasteiger partial charge in [-0.1, -0.05) is 87.9 Å². The molecule has 4 rings (SSSR count). The Balaban J connectivity index is 1.42. The summed E-state index contributed by atoms with van der Waals surface area (Å²) in [6, 6.07) is 3.12. The normalized spacial score (nSPS) is 24.9. The van der Waals surface area contributed by atoms with Gasteiger partial charge < -0.3 is 29.2 Å². The fourth-order valence-electron chi connectivity index (χ4n) is 6.63. The molecule has 0 aliphatic carbocycles. The summed E-state index contributed by atoms with van der Waals surface area (Å²) in [5.74, 6) is -1.18. The van der Waals surface area contributed by atoms with E-state index in [-0.39, 0.29) is 27.3 Å². The van der Waals surface area contributed by atoms with Crippen molar-refractivity contribution in [1.82, 2.24) is 14.9 Å². The quantitative estimate of drug-likeness (QED) is 0.140. The van der Waals surface area contributed by atoms with Crippen LogP contribution in [-0.2, 0) is 33.8 Å². The first-order valence-corrected chi connectivity index (χ1v) is 19.8. The molecular weight excluding hydrogens is 665 g/mol. The van der Waals surface area contributed by atoms with Gasteiger partial charge in [-0.2, -0.15) is 0 Å². The standard InChI is InChI=1S/C34H55Cl2N3O7S/c1-4-5-6-7-8-9-10-11-12-15-20-43-31-30(44-33-32(31)45-34(2,3)46-33)28(24-29(40)37-16-19-39-17-13-14-18-39)38-47(41,42)27-22-25(35)21-26(36)23-27/h21-23,28,30-33,38H,4-20,24H2,1-3H3,(H,37,40). The number of amides is 1. The van der Waals surface area contributed by atoms with Crippen LogP contribution in [0, 0.1) is 0 Å². The fraction of sp³-hybridized carbons (Fsp3) is 0.794. The second kappa shape index (κ2) is 18.8. The van der Waals surface area contributed by atoms with Gasteiger partial charge in [-0.3, -0.25) is 4.79 Å². The van der Waals surface area contributed by atoms with Crippen molar-refractivity contribution in [2.45, 2.75) is 146 Å². The van der Waals surface area contributed by atoms with Crippen molar-refractivity contribution in [2.75, 3.05) is 32.8 Å². The highest BCUT2D eigenvalue weighted by atomic mass is 35.5. The molecule has 0 radical (unpaired) electrons. The molecule has 10 nitrogen and oxygen atoms in total. The molecule has 5 unspecified atom stereocenters. The average molecular weight is 721 g/mol. The van der Waals surface area contributed by atoms with E-state index in [2.05, 4.69) is 21.9 Å². The Hall–Kier alpha value is -1.02. The van der Waals surface area contributed by atoms with Crippen molar-refractivity contribution < 1.29 is 32.2 Å². The zero-order chi connectivity index (χ0) is 33.9. The number of nitrogens with zero attached hydrogens (tertiary/aromatic N) is 1. The molecule has 3 fully saturated rings. The number of sulfonamides is 1. The second-order valence-electron chi connectivity index (χ2n) is 13.5. The first-order chi connectivity index (χ1) is 22.5. The largest absolute Gasteiger partial charge is 0.373 e. The zero-order valence-electron chi connectivity index (χ0n) is 28.3.